The first-order valence-corrected chi connectivity index (χ1v) is 12.0. The Morgan fingerprint density at radius 2 is 2.00 bits per heavy atom. The molecule has 0 spiro atoms. The van der Waals surface area contributed by atoms with Crippen molar-refractivity contribution in [2.24, 2.45) is 0 Å². The molecule has 10 heteroatoms. The minimum Gasteiger partial charge on any atom is -0.493 e. The molecule has 182 valence electrons. The van der Waals surface area contributed by atoms with Crippen molar-refractivity contribution in [2.45, 2.75) is 19.9 Å². The zero-order valence-electron chi connectivity index (χ0n) is 19.7. The lowest BCUT2D eigenvalue weighted by molar-refractivity contribution is -0.125. The maximum atomic E-state index is 12.8. The summed E-state index contributed by atoms with van der Waals surface area (Å²) in [6.07, 6.45) is 3.28. The fraction of sp³-hybridized carbons (Fsp3) is 0.280. The molecule has 1 atom stereocenters. The van der Waals surface area contributed by atoms with Crippen LogP contribution in [0.15, 0.2) is 53.7 Å². The van der Waals surface area contributed by atoms with Crippen molar-refractivity contribution < 1.29 is 23.9 Å². The van der Waals surface area contributed by atoms with Crippen LogP contribution in [-0.2, 0) is 9.59 Å². The summed E-state index contributed by atoms with van der Waals surface area (Å²) >= 11 is 0.871. The van der Waals surface area contributed by atoms with Crippen molar-refractivity contribution >= 4 is 45.9 Å². The van der Waals surface area contributed by atoms with E-state index in [1.165, 1.54) is 0 Å². The molecular formula is C25H26N4O5S. The quantitative estimate of drug-likeness (QED) is 0.451. The summed E-state index contributed by atoms with van der Waals surface area (Å²) in [6, 6.07) is 12.4. The van der Waals surface area contributed by atoms with E-state index in [1.807, 2.05) is 31.2 Å². The molecule has 4 rings (SSSR count). The molecule has 0 radical (unpaired) electrons. The number of ether oxygens (including phenoxy) is 2. The predicted octanol–water partition coefficient (Wildman–Crippen LogP) is 3.86. The molecule has 9 nitrogen and oxygen atoms in total. The van der Waals surface area contributed by atoms with E-state index in [9.17, 15) is 14.4 Å². The van der Waals surface area contributed by atoms with Crippen LogP contribution < -0.4 is 14.8 Å². The third-order valence-corrected chi connectivity index (χ3v) is 6.48. The lowest BCUT2D eigenvalue weighted by Gasteiger charge is -2.17. The summed E-state index contributed by atoms with van der Waals surface area (Å²) < 4.78 is 12.7. The van der Waals surface area contributed by atoms with Crippen LogP contribution in [0.3, 0.4) is 0 Å². The number of benzene rings is 2. The number of aromatic nitrogens is 2. The number of hydrogen-bond acceptors (Lipinski definition) is 7. The number of methoxy groups -OCH3 is 1. The first kappa shape index (κ1) is 24.3. The van der Waals surface area contributed by atoms with Crippen LogP contribution >= 0.6 is 11.8 Å². The Labute approximate surface area is 207 Å². The van der Waals surface area contributed by atoms with Crippen LogP contribution in [0, 0.1) is 0 Å². The second-order valence-electron chi connectivity index (χ2n) is 7.78. The van der Waals surface area contributed by atoms with Crippen LogP contribution in [0.4, 0.5) is 4.79 Å². The fourth-order valence-corrected chi connectivity index (χ4v) is 4.61. The number of nitrogens with one attached hydrogen (secondary N) is 1. The summed E-state index contributed by atoms with van der Waals surface area (Å²) in [5.74, 6) is 0.532. The van der Waals surface area contributed by atoms with Gasteiger partial charge in [0.15, 0.2) is 11.5 Å². The number of rotatable bonds is 9. The van der Waals surface area contributed by atoms with Crippen molar-refractivity contribution in [1.82, 2.24) is 19.8 Å². The summed E-state index contributed by atoms with van der Waals surface area (Å²) in [6.45, 7) is 4.39. The first-order valence-electron chi connectivity index (χ1n) is 11.2. The highest BCUT2D eigenvalue weighted by atomic mass is 32.2. The lowest BCUT2D eigenvalue weighted by atomic mass is 10.2. The van der Waals surface area contributed by atoms with Crippen LogP contribution in [0.2, 0.25) is 0 Å². The Morgan fingerprint density at radius 1 is 1.20 bits per heavy atom. The summed E-state index contributed by atoms with van der Waals surface area (Å²) in [5.41, 5.74) is 2.38. The van der Waals surface area contributed by atoms with E-state index in [0.29, 0.717) is 28.6 Å². The Hall–Kier alpha value is -3.79. The third kappa shape index (κ3) is 5.17. The van der Waals surface area contributed by atoms with Gasteiger partial charge in [-0.2, -0.15) is 0 Å². The number of imidazole rings is 1. The fourth-order valence-electron chi connectivity index (χ4n) is 3.74. The number of amides is 3. The summed E-state index contributed by atoms with van der Waals surface area (Å²) in [4.78, 5) is 43.7. The first-order chi connectivity index (χ1) is 16.9. The summed E-state index contributed by atoms with van der Waals surface area (Å²) in [7, 11) is 1.54. The molecular weight excluding hydrogens is 468 g/mol. The molecule has 35 heavy (non-hydrogen) atoms. The van der Waals surface area contributed by atoms with Crippen molar-refractivity contribution in [3.63, 3.8) is 0 Å². The Kier molecular flexibility index (Phi) is 7.40. The van der Waals surface area contributed by atoms with Gasteiger partial charge in [0, 0.05) is 13.1 Å². The van der Waals surface area contributed by atoms with Crippen molar-refractivity contribution in [3.8, 4) is 11.5 Å². The van der Waals surface area contributed by atoms with E-state index in [4.69, 9.17) is 9.47 Å². The molecule has 0 bridgehead atoms. The zero-order valence-corrected chi connectivity index (χ0v) is 20.5. The number of para-hydroxylation sites is 2. The van der Waals surface area contributed by atoms with Crippen LogP contribution in [0.5, 0.6) is 11.5 Å². The van der Waals surface area contributed by atoms with Gasteiger partial charge in [0.2, 0.25) is 5.91 Å². The topological polar surface area (TPSA) is 103 Å². The zero-order chi connectivity index (χ0) is 24.9. The molecule has 3 aromatic rings. The molecule has 2 heterocycles. The highest BCUT2D eigenvalue weighted by Gasteiger charge is 2.34. The predicted molar refractivity (Wildman–Crippen MR) is 134 cm³/mol. The standard InChI is InChI=1S/C25H26N4O5S/c1-4-34-20-10-9-17(13-21(20)33-3)14-22-24(31)28(25(32)35-22)12-11-26-23(30)16(2)29-15-27-18-7-5-6-8-19(18)29/h5-10,13-16H,4,11-12H2,1-3H3,(H,26,30)/b22-14-. The number of nitrogens with zero attached hydrogens (tertiary/aromatic N) is 3. The second-order valence-corrected chi connectivity index (χ2v) is 8.78. The van der Waals surface area contributed by atoms with Crippen molar-refractivity contribution in [3.05, 3.63) is 59.3 Å². The number of fused-ring (bicyclic) bond motifs is 1. The Morgan fingerprint density at radius 3 is 2.77 bits per heavy atom. The highest BCUT2D eigenvalue weighted by Crippen LogP contribution is 2.34. The Bertz CT molecular complexity index is 1300. The number of imide groups is 1. The largest absolute Gasteiger partial charge is 0.493 e. The van der Waals surface area contributed by atoms with Gasteiger partial charge in [-0.1, -0.05) is 18.2 Å². The average molecular weight is 495 g/mol. The SMILES string of the molecule is CCOc1ccc(/C=C2\SC(=O)N(CCNC(=O)C(C)n3cnc4ccccc43)C2=O)cc1OC. The molecule has 1 saturated heterocycles. The van der Waals surface area contributed by atoms with Gasteiger partial charge in [0.1, 0.15) is 6.04 Å². The summed E-state index contributed by atoms with van der Waals surface area (Å²) in [5, 5.41) is 2.44. The molecule has 0 aliphatic carbocycles. The smallest absolute Gasteiger partial charge is 0.293 e. The molecule has 0 saturated carbocycles. The maximum Gasteiger partial charge on any atom is 0.293 e. The molecule has 1 N–H and O–H groups in total. The monoisotopic (exact) mass is 494 g/mol. The molecule has 1 unspecified atom stereocenters. The minimum absolute atomic E-state index is 0.0811. The minimum atomic E-state index is -0.494. The number of carbonyl (C=O) groups is 3. The van der Waals surface area contributed by atoms with Gasteiger partial charge < -0.3 is 19.4 Å². The molecule has 3 amide bonds. The van der Waals surface area contributed by atoms with Crippen LogP contribution in [0.25, 0.3) is 17.1 Å². The van der Waals surface area contributed by atoms with E-state index in [1.54, 1.807) is 49.2 Å². The molecule has 1 aromatic heterocycles. The highest BCUT2D eigenvalue weighted by molar-refractivity contribution is 8.18. The van der Waals surface area contributed by atoms with Crippen molar-refractivity contribution in [1.29, 1.82) is 0 Å². The van der Waals surface area contributed by atoms with E-state index in [0.717, 1.165) is 27.7 Å². The molecule has 2 aromatic carbocycles. The van der Waals surface area contributed by atoms with E-state index >= 15 is 0 Å². The van der Waals surface area contributed by atoms with Gasteiger partial charge in [-0.3, -0.25) is 19.3 Å². The third-order valence-electron chi connectivity index (χ3n) is 5.57. The van der Waals surface area contributed by atoms with E-state index in [2.05, 4.69) is 10.3 Å². The van der Waals surface area contributed by atoms with E-state index < -0.39 is 11.9 Å². The van der Waals surface area contributed by atoms with Crippen LogP contribution in [0.1, 0.15) is 25.5 Å². The van der Waals surface area contributed by atoms with E-state index in [-0.39, 0.29) is 24.2 Å². The molecule has 1 aliphatic heterocycles. The normalized spacial score (nSPS) is 15.6. The maximum absolute atomic E-state index is 12.8. The van der Waals surface area contributed by atoms with Gasteiger partial charge in [-0.15, -0.1) is 0 Å². The van der Waals surface area contributed by atoms with Crippen molar-refractivity contribution in [2.75, 3.05) is 26.8 Å². The van der Waals surface area contributed by atoms with Gasteiger partial charge >= 0.3 is 0 Å². The van der Waals surface area contributed by atoms with Gasteiger partial charge in [-0.05, 0) is 61.5 Å². The Balaban J connectivity index is 1.37. The lowest BCUT2D eigenvalue weighted by Crippen LogP contribution is -2.39. The van der Waals surface area contributed by atoms with Crippen LogP contribution in [-0.4, -0.2) is 58.3 Å². The number of thioether (sulfide) groups is 1. The molecule has 1 fully saturated rings. The number of hydrogen-bond donors (Lipinski definition) is 1. The average Bonchev–Trinajstić information content (AvgIpc) is 3.40. The number of carbonyl (C=O) groups excluding carboxylic acids is 3. The van der Waals surface area contributed by atoms with Gasteiger partial charge in [-0.25, -0.2) is 4.98 Å². The second kappa shape index (κ2) is 10.6. The van der Waals surface area contributed by atoms with Gasteiger partial charge in [0.25, 0.3) is 11.1 Å². The molecule has 1 aliphatic rings. The van der Waals surface area contributed by atoms with Gasteiger partial charge in [0.05, 0.1) is 36.0 Å².